The molecule has 0 spiro atoms. The topological polar surface area (TPSA) is 68.3 Å². The standard InChI is InChI=1S/C16H16N2O3/c1-11-5-3-4-6-14(11)15(19)18-10-13-9-12(7-8-17-13)16(20)21-2/h3-9H,10H2,1-2H3,(H,18,19). The highest BCUT2D eigenvalue weighted by Crippen LogP contribution is 2.08. The van der Waals surface area contributed by atoms with Crippen LogP contribution in [0.3, 0.4) is 0 Å². The molecule has 1 N–H and O–H groups in total. The predicted octanol–water partition coefficient (Wildman–Crippen LogP) is 2.11. The first-order chi connectivity index (χ1) is 10.1. The molecule has 0 atom stereocenters. The van der Waals surface area contributed by atoms with Crippen molar-refractivity contribution in [2.75, 3.05) is 7.11 Å². The van der Waals surface area contributed by atoms with Gasteiger partial charge < -0.3 is 10.1 Å². The largest absolute Gasteiger partial charge is 0.465 e. The Kier molecular flexibility index (Phi) is 4.66. The van der Waals surface area contributed by atoms with E-state index in [1.54, 1.807) is 18.2 Å². The van der Waals surface area contributed by atoms with E-state index in [-0.39, 0.29) is 12.5 Å². The fourth-order valence-electron chi connectivity index (χ4n) is 1.91. The molecule has 1 aromatic heterocycles. The quantitative estimate of drug-likeness (QED) is 0.873. The molecule has 0 saturated heterocycles. The smallest absolute Gasteiger partial charge is 0.337 e. The van der Waals surface area contributed by atoms with Gasteiger partial charge in [-0.2, -0.15) is 0 Å². The van der Waals surface area contributed by atoms with E-state index >= 15 is 0 Å². The van der Waals surface area contributed by atoms with Gasteiger partial charge in [-0.1, -0.05) is 18.2 Å². The summed E-state index contributed by atoms with van der Waals surface area (Å²) in [6, 6.07) is 10.5. The second kappa shape index (κ2) is 6.65. The molecule has 1 heterocycles. The molecule has 0 aliphatic carbocycles. The van der Waals surface area contributed by atoms with Crippen LogP contribution < -0.4 is 5.32 Å². The molecule has 108 valence electrons. The molecule has 5 nitrogen and oxygen atoms in total. The SMILES string of the molecule is COC(=O)c1ccnc(CNC(=O)c2ccccc2C)c1. The Hall–Kier alpha value is -2.69. The number of carbonyl (C=O) groups is 2. The number of hydrogen-bond donors (Lipinski definition) is 1. The minimum absolute atomic E-state index is 0.168. The van der Waals surface area contributed by atoms with E-state index in [2.05, 4.69) is 15.0 Å². The normalized spacial score (nSPS) is 10.0. The van der Waals surface area contributed by atoms with Crippen LogP contribution in [0.1, 0.15) is 32.0 Å². The summed E-state index contributed by atoms with van der Waals surface area (Å²) in [5.74, 6) is -0.595. The summed E-state index contributed by atoms with van der Waals surface area (Å²) in [6.45, 7) is 2.13. The monoisotopic (exact) mass is 284 g/mol. The number of benzene rings is 1. The molecule has 0 radical (unpaired) electrons. The van der Waals surface area contributed by atoms with Gasteiger partial charge in [-0.3, -0.25) is 9.78 Å². The zero-order valence-electron chi connectivity index (χ0n) is 11.9. The summed E-state index contributed by atoms with van der Waals surface area (Å²) < 4.78 is 4.65. The van der Waals surface area contributed by atoms with E-state index in [9.17, 15) is 9.59 Å². The van der Waals surface area contributed by atoms with Gasteiger partial charge in [0.15, 0.2) is 0 Å². The number of aryl methyl sites for hydroxylation is 1. The first-order valence-corrected chi connectivity index (χ1v) is 6.49. The number of hydrogen-bond acceptors (Lipinski definition) is 4. The van der Waals surface area contributed by atoms with E-state index in [0.717, 1.165) is 5.56 Å². The Morgan fingerprint density at radius 3 is 2.71 bits per heavy atom. The molecule has 21 heavy (non-hydrogen) atoms. The third-order valence-corrected chi connectivity index (χ3v) is 3.06. The van der Waals surface area contributed by atoms with Gasteiger partial charge in [0.05, 0.1) is 24.9 Å². The molecule has 2 aromatic rings. The van der Waals surface area contributed by atoms with Gasteiger partial charge in [0, 0.05) is 11.8 Å². The van der Waals surface area contributed by atoms with Crippen molar-refractivity contribution in [3.63, 3.8) is 0 Å². The highest BCUT2D eigenvalue weighted by Gasteiger charge is 2.10. The van der Waals surface area contributed by atoms with Crippen LogP contribution in [0.4, 0.5) is 0 Å². The number of carbonyl (C=O) groups excluding carboxylic acids is 2. The average Bonchev–Trinajstić information content (AvgIpc) is 2.52. The summed E-state index contributed by atoms with van der Waals surface area (Å²) >= 11 is 0. The average molecular weight is 284 g/mol. The highest BCUT2D eigenvalue weighted by atomic mass is 16.5. The molecule has 0 aliphatic rings. The van der Waals surface area contributed by atoms with Crippen LogP contribution in [0.25, 0.3) is 0 Å². The van der Waals surface area contributed by atoms with Crippen LogP contribution in [-0.2, 0) is 11.3 Å². The summed E-state index contributed by atoms with van der Waals surface area (Å²) in [4.78, 5) is 27.6. The molecule has 0 aliphatic heterocycles. The maximum atomic E-state index is 12.1. The van der Waals surface area contributed by atoms with Crippen molar-refractivity contribution >= 4 is 11.9 Å². The summed E-state index contributed by atoms with van der Waals surface area (Å²) in [7, 11) is 1.32. The van der Waals surface area contributed by atoms with Crippen molar-refractivity contribution in [2.24, 2.45) is 0 Å². The number of ether oxygens (including phenoxy) is 1. The molecule has 1 amide bonds. The highest BCUT2D eigenvalue weighted by molar-refractivity contribution is 5.95. The van der Waals surface area contributed by atoms with Crippen LogP contribution in [0.15, 0.2) is 42.6 Å². The van der Waals surface area contributed by atoms with Crippen molar-refractivity contribution in [3.05, 3.63) is 65.0 Å². The Morgan fingerprint density at radius 1 is 1.24 bits per heavy atom. The number of amides is 1. The van der Waals surface area contributed by atoms with Crippen LogP contribution in [-0.4, -0.2) is 24.0 Å². The number of nitrogens with zero attached hydrogens (tertiary/aromatic N) is 1. The molecule has 0 bridgehead atoms. The molecule has 0 fully saturated rings. The third kappa shape index (κ3) is 3.66. The van der Waals surface area contributed by atoms with Gasteiger partial charge in [0.1, 0.15) is 0 Å². The predicted molar refractivity (Wildman–Crippen MR) is 77.9 cm³/mol. The Labute approximate surface area is 123 Å². The van der Waals surface area contributed by atoms with Crippen LogP contribution >= 0.6 is 0 Å². The van der Waals surface area contributed by atoms with Crippen molar-refractivity contribution in [2.45, 2.75) is 13.5 Å². The lowest BCUT2D eigenvalue weighted by molar-refractivity contribution is 0.0600. The number of methoxy groups -OCH3 is 1. The second-order valence-corrected chi connectivity index (χ2v) is 4.53. The lowest BCUT2D eigenvalue weighted by Crippen LogP contribution is -2.24. The van der Waals surface area contributed by atoms with Crippen molar-refractivity contribution < 1.29 is 14.3 Å². The molecular weight excluding hydrogens is 268 g/mol. The molecule has 1 aromatic carbocycles. The fraction of sp³-hybridized carbons (Fsp3) is 0.188. The maximum Gasteiger partial charge on any atom is 0.337 e. The zero-order valence-corrected chi connectivity index (χ0v) is 11.9. The lowest BCUT2D eigenvalue weighted by atomic mass is 10.1. The second-order valence-electron chi connectivity index (χ2n) is 4.53. The Balaban J connectivity index is 2.05. The molecule has 5 heteroatoms. The van der Waals surface area contributed by atoms with Crippen molar-refractivity contribution in [1.29, 1.82) is 0 Å². The summed E-state index contributed by atoms with van der Waals surface area (Å²) in [6.07, 6.45) is 1.52. The Bertz CT molecular complexity index is 668. The molecule has 0 unspecified atom stereocenters. The lowest BCUT2D eigenvalue weighted by Gasteiger charge is -2.08. The molecule has 0 saturated carbocycles. The van der Waals surface area contributed by atoms with Gasteiger partial charge in [-0.25, -0.2) is 4.79 Å². The van der Waals surface area contributed by atoms with Gasteiger partial charge in [-0.15, -0.1) is 0 Å². The number of esters is 1. The number of rotatable bonds is 4. The number of nitrogens with one attached hydrogen (secondary N) is 1. The van der Waals surface area contributed by atoms with E-state index < -0.39 is 5.97 Å². The van der Waals surface area contributed by atoms with Crippen molar-refractivity contribution in [3.8, 4) is 0 Å². The summed E-state index contributed by atoms with van der Waals surface area (Å²) in [5, 5.41) is 2.79. The van der Waals surface area contributed by atoms with Gasteiger partial charge in [-0.05, 0) is 30.7 Å². The van der Waals surface area contributed by atoms with Crippen LogP contribution in [0.5, 0.6) is 0 Å². The zero-order chi connectivity index (χ0) is 15.2. The van der Waals surface area contributed by atoms with Gasteiger partial charge >= 0.3 is 5.97 Å². The number of pyridine rings is 1. The van der Waals surface area contributed by atoms with E-state index in [1.807, 2.05) is 25.1 Å². The first-order valence-electron chi connectivity index (χ1n) is 6.49. The minimum atomic E-state index is -0.427. The van der Waals surface area contributed by atoms with Gasteiger partial charge in [0.25, 0.3) is 5.91 Å². The minimum Gasteiger partial charge on any atom is -0.465 e. The first kappa shape index (κ1) is 14.7. The van der Waals surface area contributed by atoms with Crippen LogP contribution in [0, 0.1) is 6.92 Å². The molecule has 2 rings (SSSR count). The maximum absolute atomic E-state index is 12.1. The fourth-order valence-corrected chi connectivity index (χ4v) is 1.91. The van der Waals surface area contributed by atoms with E-state index in [0.29, 0.717) is 16.8 Å². The van der Waals surface area contributed by atoms with E-state index in [4.69, 9.17) is 0 Å². The van der Waals surface area contributed by atoms with Crippen LogP contribution in [0.2, 0.25) is 0 Å². The van der Waals surface area contributed by atoms with Gasteiger partial charge in [0.2, 0.25) is 0 Å². The third-order valence-electron chi connectivity index (χ3n) is 3.06. The van der Waals surface area contributed by atoms with Crippen molar-refractivity contribution in [1.82, 2.24) is 10.3 Å². The van der Waals surface area contributed by atoms with E-state index in [1.165, 1.54) is 13.3 Å². The summed E-state index contributed by atoms with van der Waals surface area (Å²) in [5.41, 5.74) is 2.54. The Morgan fingerprint density at radius 2 is 2.00 bits per heavy atom. The number of aromatic nitrogens is 1. The molecular formula is C16H16N2O3.